The van der Waals surface area contributed by atoms with Crippen molar-refractivity contribution in [1.82, 2.24) is 0 Å². The van der Waals surface area contributed by atoms with Crippen LogP contribution in [-0.2, 0) is 14.3 Å². The Morgan fingerprint density at radius 3 is 2.06 bits per heavy atom. The van der Waals surface area contributed by atoms with Crippen LogP contribution in [0.4, 0.5) is 5.69 Å². The standard InChI is InChI=1S/C24H20N2O6/c25-22(18-11-5-6-12-20(18)26(30)31)21(23(27)28)24(29)32-13-19-16-9-3-1-7-14(16)15-8-2-4-10-17(15)19/h1-12,19,21-22H,13,25H2,(H,27,28)/t21-,22?/m0/s1. The Labute approximate surface area is 183 Å². The number of fused-ring (bicyclic) bond motifs is 3. The second kappa shape index (κ2) is 8.60. The van der Waals surface area contributed by atoms with Gasteiger partial charge in [0.25, 0.3) is 5.69 Å². The van der Waals surface area contributed by atoms with Crippen LogP contribution in [0.1, 0.15) is 28.7 Å². The highest BCUT2D eigenvalue weighted by Crippen LogP contribution is 2.44. The van der Waals surface area contributed by atoms with E-state index in [4.69, 9.17) is 10.5 Å². The number of carbonyl (C=O) groups excluding carboxylic acids is 1. The second-order valence-electron chi connectivity index (χ2n) is 7.51. The third-order valence-electron chi connectivity index (χ3n) is 5.73. The highest BCUT2D eigenvalue weighted by atomic mass is 16.6. The van der Waals surface area contributed by atoms with Crippen LogP contribution in [0.25, 0.3) is 11.1 Å². The Kier molecular flexibility index (Phi) is 5.70. The first kappa shape index (κ1) is 21.2. The molecule has 3 N–H and O–H groups in total. The summed E-state index contributed by atoms with van der Waals surface area (Å²) < 4.78 is 5.44. The summed E-state index contributed by atoms with van der Waals surface area (Å²) in [7, 11) is 0. The topological polar surface area (TPSA) is 133 Å². The zero-order valence-corrected chi connectivity index (χ0v) is 16.9. The molecule has 8 heteroatoms. The van der Waals surface area contributed by atoms with Crippen molar-refractivity contribution in [3.63, 3.8) is 0 Å². The van der Waals surface area contributed by atoms with Crippen LogP contribution in [0, 0.1) is 16.0 Å². The molecule has 1 unspecified atom stereocenters. The van der Waals surface area contributed by atoms with Crippen molar-refractivity contribution in [2.45, 2.75) is 12.0 Å². The Balaban J connectivity index is 1.58. The first-order valence-corrected chi connectivity index (χ1v) is 9.96. The fraction of sp³-hybridized carbons (Fsp3) is 0.167. The smallest absolute Gasteiger partial charge is 0.322 e. The van der Waals surface area contributed by atoms with Crippen LogP contribution in [0.3, 0.4) is 0 Å². The maximum absolute atomic E-state index is 12.8. The molecular weight excluding hydrogens is 412 g/mol. The number of benzene rings is 3. The van der Waals surface area contributed by atoms with Gasteiger partial charge in [-0.1, -0.05) is 66.7 Å². The molecule has 0 aliphatic heterocycles. The Morgan fingerprint density at radius 1 is 0.969 bits per heavy atom. The van der Waals surface area contributed by atoms with Crippen LogP contribution in [0.5, 0.6) is 0 Å². The number of esters is 1. The Morgan fingerprint density at radius 2 is 1.50 bits per heavy atom. The number of hydrogen-bond donors (Lipinski definition) is 2. The molecule has 0 heterocycles. The quantitative estimate of drug-likeness (QED) is 0.252. The van der Waals surface area contributed by atoms with Crippen LogP contribution in [0.2, 0.25) is 0 Å². The van der Waals surface area contributed by atoms with Crippen molar-refractivity contribution in [3.05, 3.63) is 99.6 Å². The summed E-state index contributed by atoms with van der Waals surface area (Å²) in [5, 5.41) is 21.0. The fourth-order valence-electron chi connectivity index (χ4n) is 4.21. The molecule has 0 aromatic heterocycles. The van der Waals surface area contributed by atoms with Gasteiger partial charge in [0.05, 0.1) is 11.0 Å². The van der Waals surface area contributed by atoms with E-state index in [9.17, 15) is 24.8 Å². The predicted molar refractivity (Wildman–Crippen MR) is 116 cm³/mol. The monoisotopic (exact) mass is 432 g/mol. The molecule has 0 radical (unpaired) electrons. The molecule has 1 aliphatic rings. The van der Waals surface area contributed by atoms with Gasteiger partial charge in [0.1, 0.15) is 6.61 Å². The summed E-state index contributed by atoms with van der Waals surface area (Å²) in [6.07, 6.45) is 0. The minimum absolute atomic E-state index is 0.0431. The number of ether oxygens (including phenoxy) is 1. The molecular formula is C24H20N2O6. The van der Waals surface area contributed by atoms with E-state index in [1.165, 1.54) is 24.3 Å². The number of nitrogens with two attached hydrogens (primary N) is 1. The van der Waals surface area contributed by atoms with Crippen molar-refractivity contribution in [2.75, 3.05) is 6.61 Å². The Bertz CT molecular complexity index is 1160. The van der Waals surface area contributed by atoms with Gasteiger partial charge < -0.3 is 15.6 Å². The van der Waals surface area contributed by atoms with E-state index < -0.39 is 28.8 Å². The molecule has 1 aliphatic carbocycles. The van der Waals surface area contributed by atoms with Gasteiger partial charge in [0.2, 0.25) is 0 Å². The highest BCUT2D eigenvalue weighted by molar-refractivity contribution is 5.95. The average molecular weight is 432 g/mol. The van der Waals surface area contributed by atoms with Gasteiger partial charge in [0.15, 0.2) is 5.92 Å². The number of nitro benzene ring substituents is 1. The summed E-state index contributed by atoms with van der Waals surface area (Å²) in [6.45, 7) is -0.0692. The third-order valence-corrected chi connectivity index (χ3v) is 5.73. The first-order valence-electron chi connectivity index (χ1n) is 9.96. The molecule has 0 fully saturated rings. The summed E-state index contributed by atoms with van der Waals surface area (Å²) in [4.78, 5) is 35.3. The van der Waals surface area contributed by atoms with Gasteiger partial charge >= 0.3 is 11.9 Å². The highest BCUT2D eigenvalue weighted by Gasteiger charge is 2.39. The lowest BCUT2D eigenvalue weighted by atomic mass is 9.92. The van der Waals surface area contributed by atoms with E-state index >= 15 is 0 Å². The van der Waals surface area contributed by atoms with Crippen molar-refractivity contribution in [3.8, 4) is 11.1 Å². The number of nitrogens with zero attached hydrogens (tertiary/aromatic N) is 1. The van der Waals surface area contributed by atoms with Crippen LogP contribution >= 0.6 is 0 Å². The number of rotatable bonds is 7. The lowest BCUT2D eigenvalue weighted by Crippen LogP contribution is -2.36. The summed E-state index contributed by atoms with van der Waals surface area (Å²) in [6, 6.07) is 19.6. The molecule has 0 saturated heterocycles. The maximum atomic E-state index is 12.8. The molecule has 162 valence electrons. The summed E-state index contributed by atoms with van der Waals surface area (Å²) in [5.74, 6) is -4.58. The minimum atomic E-state index is -1.79. The summed E-state index contributed by atoms with van der Waals surface area (Å²) >= 11 is 0. The molecule has 2 atom stereocenters. The van der Waals surface area contributed by atoms with E-state index in [1.807, 2.05) is 48.5 Å². The molecule has 0 saturated carbocycles. The largest absolute Gasteiger partial charge is 0.481 e. The normalized spacial score (nSPS) is 14.2. The zero-order valence-electron chi connectivity index (χ0n) is 16.9. The number of hydrogen-bond acceptors (Lipinski definition) is 6. The van der Waals surface area contributed by atoms with Crippen molar-refractivity contribution in [1.29, 1.82) is 0 Å². The van der Waals surface area contributed by atoms with Gasteiger partial charge in [-0.3, -0.25) is 19.7 Å². The summed E-state index contributed by atoms with van der Waals surface area (Å²) in [5.41, 5.74) is 9.68. The van der Waals surface area contributed by atoms with Crippen LogP contribution < -0.4 is 5.73 Å². The van der Waals surface area contributed by atoms with E-state index in [-0.39, 0.29) is 23.8 Å². The molecule has 8 nitrogen and oxygen atoms in total. The average Bonchev–Trinajstić information content (AvgIpc) is 3.11. The van der Waals surface area contributed by atoms with Gasteiger partial charge in [-0.2, -0.15) is 0 Å². The second-order valence-corrected chi connectivity index (χ2v) is 7.51. The van der Waals surface area contributed by atoms with E-state index in [0.29, 0.717) is 0 Å². The predicted octanol–water partition coefficient (Wildman–Crippen LogP) is 3.65. The van der Waals surface area contributed by atoms with E-state index in [2.05, 4.69) is 0 Å². The van der Waals surface area contributed by atoms with E-state index in [1.54, 1.807) is 0 Å². The van der Waals surface area contributed by atoms with Gasteiger partial charge in [0, 0.05) is 17.5 Å². The molecule has 0 amide bonds. The first-order chi connectivity index (χ1) is 15.4. The van der Waals surface area contributed by atoms with Crippen LogP contribution in [-0.4, -0.2) is 28.6 Å². The van der Waals surface area contributed by atoms with Crippen LogP contribution in [0.15, 0.2) is 72.8 Å². The molecule has 0 bridgehead atoms. The number of carboxylic acid groups (broad SMARTS) is 1. The van der Waals surface area contributed by atoms with Gasteiger partial charge in [-0.05, 0) is 22.3 Å². The Hall–Kier alpha value is -4.04. The maximum Gasteiger partial charge on any atom is 0.322 e. The van der Waals surface area contributed by atoms with Crippen molar-refractivity contribution >= 4 is 17.6 Å². The van der Waals surface area contributed by atoms with Crippen molar-refractivity contribution in [2.24, 2.45) is 11.7 Å². The molecule has 4 rings (SSSR count). The number of aliphatic carboxylic acids is 1. The van der Waals surface area contributed by atoms with Crippen molar-refractivity contribution < 1.29 is 24.4 Å². The molecule has 3 aromatic carbocycles. The lowest BCUT2D eigenvalue weighted by Gasteiger charge is -2.21. The minimum Gasteiger partial charge on any atom is -0.481 e. The van der Waals surface area contributed by atoms with Gasteiger partial charge in [-0.15, -0.1) is 0 Å². The fourth-order valence-corrected chi connectivity index (χ4v) is 4.21. The molecule has 32 heavy (non-hydrogen) atoms. The third kappa shape index (κ3) is 3.72. The number of nitro groups is 1. The number of para-hydroxylation sites is 1. The zero-order chi connectivity index (χ0) is 22.8. The number of carboxylic acids is 1. The SMILES string of the molecule is NC(c1ccccc1[N+](=O)[O-])[C@@H](C(=O)O)C(=O)OCC1c2ccccc2-c2ccccc21. The number of carbonyl (C=O) groups is 2. The van der Waals surface area contributed by atoms with E-state index in [0.717, 1.165) is 22.3 Å². The lowest BCUT2D eigenvalue weighted by molar-refractivity contribution is -0.385. The molecule has 0 spiro atoms. The molecule has 3 aromatic rings. The van der Waals surface area contributed by atoms with Gasteiger partial charge in [-0.25, -0.2) is 0 Å².